The van der Waals surface area contributed by atoms with Gasteiger partial charge in [-0.15, -0.1) is 11.3 Å². The molecule has 22 heavy (non-hydrogen) atoms. The molecule has 2 fully saturated rings. The molecule has 118 valence electrons. The second-order valence-electron chi connectivity index (χ2n) is 5.99. The number of likely N-dealkylation sites (tertiary alicyclic amines) is 1. The Kier molecular flexibility index (Phi) is 3.99. The molecule has 1 N–H and O–H groups in total. The third-order valence-corrected chi connectivity index (χ3v) is 5.32. The Morgan fingerprint density at radius 3 is 2.41 bits per heavy atom. The smallest absolute Gasteiger partial charge is 0.249 e. The lowest BCUT2D eigenvalue weighted by Gasteiger charge is -2.21. The van der Waals surface area contributed by atoms with Crippen molar-refractivity contribution in [1.82, 2.24) is 9.88 Å². The van der Waals surface area contributed by atoms with Crippen molar-refractivity contribution in [3.63, 3.8) is 0 Å². The van der Waals surface area contributed by atoms with Crippen molar-refractivity contribution < 1.29 is 14.4 Å². The van der Waals surface area contributed by atoms with Gasteiger partial charge in [0.2, 0.25) is 17.7 Å². The molecule has 2 heterocycles. The highest BCUT2D eigenvalue weighted by Crippen LogP contribution is 2.38. The van der Waals surface area contributed by atoms with Crippen LogP contribution in [0.2, 0.25) is 0 Å². The molecule has 3 atom stereocenters. The summed E-state index contributed by atoms with van der Waals surface area (Å²) in [6.45, 7) is 3.50. The van der Waals surface area contributed by atoms with Gasteiger partial charge in [0.05, 0.1) is 11.8 Å². The van der Waals surface area contributed by atoms with Crippen LogP contribution in [0.5, 0.6) is 0 Å². The minimum absolute atomic E-state index is 0.187. The first-order chi connectivity index (χ1) is 10.5. The molecular formula is C15H19N3O3S. The largest absolute Gasteiger partial charge is 0.300 e. The number of hydrogen-bond donors (Lipinski definition) is 1. The molecule has 7 heteroatoms. The van der Waals surface area contributed by atoms with Gasteiger partial charge >= 0.3 is 0 Å². The van der Waals surface area contributed by atoms with Gasteiger partial charge in [-0.3, -0.25) is 19.3 Å². The van der Waals surface area contributed by atoms with Crippen LogP contribution in [0.25, 0.3) is 0 Å². The summed E-state index contributed by atoms with van der Waals surface area (Å²) in [5.74, 6) is -1.19. The molecule has 2 aliphatic rings. The molecule has 1 saturated carbocycles. The van der Waals surface area contributed by atoms with Crippen LogP contribution in [0.15, 0.2) is 6.20 Å². The highest BCUT2D eigenvalue weighted by molar-refractivity contribution is 7.15. The Bertz CT molecular complexity index is 603. The molecule has 0 bridgehead atoms. The highest BCUT2D eigenvalue weighted by atomic mass is 32.1. The fraction of sp³-hybridized carbons (Fsp3) is 0.600. The van der Waals surface area contributed by atoms with E-state index >= 15 is 0 Å². The van der Waals surface area contributed by atoms with Gasteiger partial charge in [-0.25, -0.2) is 4.98 Å². The fourth-order valence-electron chi connectivity index (χ4n) is 3.31. The number of nitrogens with one attached hydrogen (secondary N) is 1. The van der Waals surface area contributed by atoms with Crippen molar-refractivity contribution in [2.45, 2.75) is 45.6 Å². The predicted molar refractivity (Wildman–Crippen MR) is 82.2 cm³/mol. The van der Waals surface area contributed by atoms with Gasteiger partial charge in [-0.05, 0) is 26.7 Å². The van der Waals surface area contributed by atoms with Gasteiger partial charge in [0, 0.05) is 11.1 Å². The third-order valence-electron chi connectivity index (χ3n) is 4.49. The molecule has 1 aromatic rings. The Hall–Kier alpha value is -1.76. The van der Waals surface area contributed by atoms with Gasteiger partial charge in [0.25, 0.3) is 0 Å². The monoisotopic (exact) mass is 321 g/mol. The second kappa shape index (κ2) is 5.79. The summed E-state index contributed by atoms with van der Waals surface area (Å²) in [6.07, 6.45) is 5.14. The highest BCUT2D eigenvalue weighted by Gasteiger charge is 2.50. The Morgan fingerprint density at radius 1 is 1.32 bits per heavy atom. The van der Waals surface area contributed by atoms with Crippen molar-refractivity contribution in [3.05, 3.63) is 11.1 Å². The number of anilines is 1. The van der Waals surface area contributed by atoms with E-state index in [-0.39, 0.29) is 29.6 Å². The van der Waals surface area contributed by atoms with Crippen LogP contribution < -0.4 is 5.32 Å². The average molecular weight is 321 g/mol. The van der Waals surface area contributed by atoms with Crippen molar-refractivity contribution in [2.24, 2.45) is 11.8 Å². The number of carbonyl (C=O) groups is 3. The number of imide groups is 1. The van der Waals surface area contributed by atoms with Gasteiger partial charge in [-0.1, -0.05) is 12.8 Å². The van der Waals surface area contributed by atoms with E-state index < -0.39 is 6.04 Å². The van der Waals surface area contributed by atoms with Gasteiger partial charge in [0.1, 0.15) is 6.04 Å². The molecule has 3 rings (SSSR count). The molecule has 6 nitrogen and oxygen atoms in total. The van der Waals surface area contributed by atoms with Crippen LogP contribution in [0.3, 0.4) is 0 Å². The standard InChI is InChI=1S/C15H19N3O3S/c1-8-7-16-15(22-8)17-12(19)9(2)18-13(20)10-5-3-4-6-11(10)14(18)21/h7,9-11H,3-6H2,1-2H3,(H,16,17,19)/t9-,10-,11+/m0/s1. The molecule has 1 aliphatic heterocycles. The first kappa shape index (κ1) is 15.1. The number of rotatable bonds is 3. The molecule has 0 spiro atoms. The van der Waals surface area contributed by atoms with E-state index in [4.69, 9.17) is 0 Å². The van der Waals surface area contributed by atoms with E-state index in [9.17, 15) is 14.4 Å². The number of aryl methyl sites for hydroxylation is 1. The number of aromatic nitrogens is 1. The zero-order valence-corrected chi connectivity index (χ0v) is 13.5. The molecule has 0 aromatic carbocycles. The number of carbonyl (C=O) groups excluding carboxylic acids is 3. The minimum atomic E-state index is -0.796. The van der Waals surface area contributed by atoms with Crippen molar-refractivity contribution in [1.29, 1.82) is 0 Å². The van der Waals surface area contributed by atoms with E-state index in [0.29, 0.717) is 5.13 Å². The van der Waals surface area contributed by atoms with Crippen LogP contribution in [0, 0.1) is 18.8 Å². The van der Waals surface area contributed by atoms with Crippen LogP contribution in [0.1, 0.15) is 37.5 Å². The summed E-state index contributed by atoms with van der Waals surface area (Å²) in [6, 6.07) is -0.796. The zero-order chi connectivity index (χ0) is 15.9. The number of nitrogens with zero attached hydrogens (tertiary/aromatic N) is 2. The molecule has 1 saturated heterocycles. The van der Waals surface area contributed by atoms with Crippen LogP contribution in [-0.4, -0.2) is 33.6 Å². The molecule has 1 aromatic heterocycles. The topological polar surface area (TPSA) is 79.4 Å². The first-order valence-corrected chi connectivity index (χ1v) is 8.41. The average Bonchev–Trinajstić information content (AvgIpc) is 3.01. The first-order valence-electron chi connectivity index (χ1n) is 7.59. The lowest BCUT2D eigenvalue weighted by atomic mass is 9.81. The van der Waals surface area contributed by atoms with Crippen molar-refractivity contribution in [2.75, 3.05) is 5.32 Å². The maximum absolute atomic E-state index is 12.5. The summed E-state index contributed by atoms with van der Waals surface area (Å²) in [4.78, 5) is 43.5. The summed E-state index contributed by atoms with van der Waals surface area (Å²) < 4.78 is 0. The molecular weight excluding hydrogens is 302 g/mol. The van der Waals surface area contributed by atoms with Crippen molar-refractivity contribution in [3.8, 4) is 0 Å². The Balaban J connectivity index is 1.73. The normalized spacial score (nSPS) is 26.0. The summed E-state index contributed by atoms with van der Waals surface area (Å²) in [5.41, 5.74) is 0. The zero-order valence-electron chi connectivity index (χ0n) is 12.7. The van der Waals surface area contributed by atoms with E-state index in [2.05, 4.69) is 10.3 Å². The third kappa shape index (κ3) is 2.54. The molecule has 1 aliphatic carbocycles. The maximum Gasteiger partial charge on any atom is 0.249 e. The van der Waals surface area contributed by atoms with Crippen LogP contribution in [-0.2, 0) is 14.4 Å². The van der Waals surface area contributed by atoms with Gasteiger partial charge < -0.3 is 5.32 Å². The minimum Gasteiger partial charge on any atom is -0.300 e. The van der Waals surface area contributed by atoms with E-state index in [1.807, 2.05) is 6.92 Å². The quantitative estimate of drug-likeness (QED) is 0.863. The molecule has 3 amide bonds. The van der Waals surface area contributed by atoms with Crippen molar-refractivity contribution >= 4 is 34.2 Å². The van der Waals surface area contributed by atoms with Gasteiger partial charge in [0.15, 0.2) is 5.13 Å². The number of hydrogen-bond acceptors (Lipinski definition) is 5. The van der Waals surface area contributed by atoms with E-state index in [0.717, 1.165) is 35.5 Å². The fourth-order valence-corrected chi connectivity index (χ4v) is 3.98. The SMILES string of the molecule is Cc1cnc(NC(=O)[C@H](C)N2C(=O)[C@H]3CCCC[C@H]3C2=O)s1. The lowest BCUT2D eigenvalue weighted by molar-refractivity contribution is -0.146. The molecule has 0 unspecified atom stereocenters. The summed E-state index contributed by atoms with van der Waals surface area (Å²) >= 11 is 1.37. The van der Waals surface area contributed by atoms with Gasteiger partial charge in [-0.2, -0.15) is 0 Å². The Labute approximate surface area is 132 Å². The number of fused-ring (bicyclic) bond motifs is 1. The number of thiazole rings is 1. The number of amides is 3. The molecule has 0 radical (unpaired) electrons. The predicted octanol–water partition coefficient (Wildman–Crippen LogP) is 1.95. The lowest BCUT2D eigenvalue weighted by Crippen LogP contribution is -2.46. The maximum atomic E-state index is 12.5. The van der Waals surface area contributed by atoms with Crippen LogP contribution in [0.4, 0.5) is 5.13 Å². The van der Waals surface area contributed by atoms with Crippen LogP contribution >= 0.6 is 11.3 Å². The second-order valence-corrected chi connectivity index (χ2v) is 7.22. The Morgan fingerprint density at radius 2 is 1.91 bits per heavy atom. The van der Waals surface area contributed by atoms with E-state index in [1.54, 1.807) is 13.1 Å². The summed E-state index contributed by atoms with van der Waals surface area (Å²) in [5, 5.41) is 3.18. The van der Waals surface area contributed by atoms with E-state index in [1.165, 1.54) is 11.3 Å². The summed E-state index contributed by atoms with van der Waals surface area (Å²) in [7, 11) is 0.